The molecule has 120 valence electrons. The Balaban J connectivity index is 1.54. The molecule has 1 N–H and O–H groups in total. The van der Waals surface area contributed by atoms with Crippen molar-refractivity contribution in [2.75, 3.05) is 5.32 Å². The van der Waals surface area contributed by atoms with Crippen LogP contribution in [0.5, 0.6) is 0 Å². The first-order valence-corrected chi connectivity index (χ1v) is 8.30. The molecule has 0 saturated heterocycles. The van der Waals surface area contributed by atoms with Crippen LogP contribution in [0.1, 0.15) is 5.82 Å². The zero-order chi connectivity index (χ0) is 16.5. The third-order valence-electron chi connectivity index (χ3n) is 3.66. The second-order valence-electron chi connectivity index (χ2n) is 5.36. The van der Waals surface area contributed by atoms with Gasteiger partial charge in [0.25, 0.3) is 5.89 Å². The molecule has 7 heteroatoms. The zero-order valence-electron chi connectivity index (χ0n) is 12.9. The van der Waals surface area contributed by atoms with Gasteiger partial charge < -0.3 is 14.4 Å². The molecule has 3 heterocycles. The normalized spacial score (nSPS) is 11.0. The number of thiophene rings is 1. The van der Waals surface area contributed by atoms with Crippen molar-refractivity contribution < 1.29 is 9.32 Å². The van der Waals surface area contributed by atoms with Crippen molar-refractivity contribution in [3.05, 3.63) is 53.8 Å². The number of carbonyl (C=O) groups is 1. The largest absolute Gasteiger partial charge is 0.338 e. The maximum atomic E-state index is 12.4. The molecule has 1 amide bonds. The van der Waals surface area contributed by atoms with Crippen molar-refractivity contribution in [2.24, 2.45) is 0 Å². The van der Waals surface area contributed by atoms with Gasteiger partial charge in [0.1, 0.15) is 11.4 Å². The number of aromatic nitrogens is 3. The number of rotatable bonds is 4. The molecule has 0 aliphatic heterocycles. The maximum Gasteiger partial charge on any atom is 0.270 e. The number of anilines is 1. The summed E-state index contributed by atoms with van der Waals surface area (Å²) in [6.07, 6.45) is 1.92. The van der Waals surface area contributed by atoms with Gasteiger partial charge in [-0.2, -0.15) is 4.98 Å². The van der Waals surface area contributed by atoms with Crippen LogP contribution in [-0.4, -0.2) is 20.6 Å². The van der Waals surface area contributed by atoms with E-state index in [1.807, 2.05) is 52.5 Å². The molecule has 0 saturated carbocycles. The van der Waals surface area contributed by atoms with E-state index in [0.717, 1.165) is 15.8 Å². The van der Waals surface area contributed by atoms with Crippen molar-refractivity contribution in [1.82, 2.24) is 14.7 Å². The molecular formula is C17H14N4O2S. The molecular weight excluding hydrogens is 324 g/mol. The van der Waals surface area contributed by atoms with Crippen LogP contribution in [-0.2, 0) is 11.3 Å². The minimum Gasteiger partial charge on any atom is -0.338 e. The third-order valence-corrected chi connectivity index (χ3v) is 4.56. The van der Waals surface area contributed by atoms with E-state index in [1.54, 1.807) is 6.92 Å². The minimum atomic E-state index is -0.104. The van der Waals surface area contributed by atoms with Gasteiger partial charge in [-0.1, -0.05) is 23.4 Å². The zero-order valence-corrected chi connectivity index (χ0v) is 13.7. The van der Waals surface area contributed by atoms with Crippen molar-refractivity contribution in [1.29, 1.82) is 0 Å². The summed E-state index contributed by atoms with van der Waals surface area (Å²) in [4.78, 5) is 17.4. The van der Waals surface area contributed by atoms with Gasteiger partial charge in [-0.05, 0) is 35.9 Å². The molecule has 3 aromatic heterocycles. The predicted molar refractivity (Wildman–Crippen MR) is 92.9 cm³/mol. The lowest BCUT2D eigenvalue weighted by molar-refractivity contribution is -0.116. The molecule has 0 bridgehead atoms. The topological polar surface area (TPSA) is 73.0 Å². The summed E-state index contributed by atoms with van der Waals surface area (Å²) in [6, 6.07) is 11.8. The summed E-state index contributed by atoms with van der Waals surface area (Å²) in [6.45, 7) is 2.00. The molecule has 24 heavy (non-hydrogen) atoms. The summed E-state index contributed by atoms with van der Waals surface area (Å²) in [7, 11) is 0. The van der Waals surface area contributed by atoms with Crippen LogP contribution in [0.3, 0.4) is 0 Å². The lowest BCUT2D eigenvalue weighted by atomic mass is 10.2. The number of fused-ring (bicyclic) bond motifs is 1. The van der Waals surface area contributed by atoms with Gasteiger partial charge in [0.2, 0.25) is 5.91 Å². The smallest absolute Gasteiger partial charge is 0.270 e. The van der Waals surface area contributed by atoms with Crippen LogP contribution in [0.2, 0.25) is 0 Å². The van der Waals surface area contributed by atoms with E-state index in [1.165, 1.54) is 11.3 Å². The number of hydrogen-bond donors (Lipinski definition) is 1. The number of amides is 1. The van der Waals surface area contributed by atoms with Crippen LogP contribution >= 0.6 is 11.3 Å². The van der Waals surface area contributed by atoms with Gasteiger partial charge >= 0.3 is 0 Å². The van der Waals surface area contributed by atoms with E-state index in [2.05, 4.69) is 15.5 Å². The van der Waals surface area contributed by atoms with Crippen molar-refractivity contribution in [3.63, 3.8) is 0 Å². The highest BCUT2D eigenvalue weighted by atomic mass is 32.1. The van der Waals surface area contributed by atoms with E-state index >= 15 is 0 Å². The lowest BCUT2D eigenvalue weighted by Gasteiger charge is -2.07. The fraction of sp³-hybridized carbons (Fsp3) is 0.118. The Morgan fingerprint density at radius 2 is 2.17 bits per heavy atom. The molecule has 6 nitrogen and oxygen atoms in total. The Kier molecular flexibility index (Phi) is 3.62. The number of nitrogens with one attached hydrogen (secondary N) is 1. The first kappa shape index (κ1) is 14.6. The molecule has 0 fully saturated rings. The van der Waals surface area contributed by atoms with E-state index in [0.29, 0.717) is 17.4 Å². The molecule has 0 aliphatic carbocycles. The molecule has 4 aromatic rings. The minimum absolute atomic E-state index is 0.104. The molecule has 0 radical (unpaired) electrons. The maximum absolute atomic E-state index is 12.4. The number of benzene rings is 1. The Labute approximate surface area is 141 Å². The predicted octanol–water partition coefficient (Wildman–Crippen LogP) is 3.70. The summed E-state index contributed by atoms with van der Waals surface area (Å²) < 4.78 is 7.11. The van der Waals surface area contributed by atoms with Gasteiger partial charge in [0.15, 0.2) is 5.82 Å². The first-order chi connectivity index (χ1) is 11.7. The van der Waals surface area contributed by atoms with Gasteiger partial charge in [-0.25, -0.2) is 0 Å². The van der Waals surface area contributed by atoms with Crippen molar-refractivity contribution >= 4 is 33.8 Å². The fourth-order valence-electron chi connectivity index (χ4n) is 2.59. The SMILES string of the molecule is Cc1noc(-c2sccc2NC(=O)Cn2ccc3ccccc32)n1. The number of para-hydroxylation sites is 1. The van der Waals surface area contributed by atoms with Gasteiger partial charge in [0.05, 0.1) is 5.69 Å². The van der Waals surface area contributed by atoms with Crippen molar-refractivity contribution in [2.45, 2.75) is 13.5 Å². The second-order valence-corrected chi connectivity index (χ2v) is 6.28. The van der Waals surface area contributed by atoms with Gasteiger partial charge in [-0.3, -0.25) is 4.79 Å². The molecule has 4 rings (SSSR count). The van der Waals surface area contributed by atoms with Gasteiger partial charge in [0, 0.05) is 11.7 Å². The van der Waals surface area contributed by atoms with Crippen LogP contribution in [0.4, 0.5) is 5.69 Å². The molecule has 1 aromatic carbocycles. The Hall–Kier alpha value is -2.93. The van der Waals surface area contributed by atoms with E-state index in [9.17, 15) is 4.79 Å². The second kappa shape index (κ2) is 5.93. The lowest BCUT2D eigenvalue weighted by Crippen LogP contribution is -2.18. The van der Waals surface area contributed by atoms with E-state index in [-0.39, 0.29) is 12.5 Å². The third kappa shape index (κ3) is 2.69. The average Bonchev–Trinajstić information content (AvgIpc) is 3.28. The average molecular weight is 338 g/mol. The van der Waals surface area contributed by atoms with Crippen LogP contribution in [0.25, 0.3) is 21.7 Å². The quantitative estimate of drug-likeness (QED) is 0.616. The number of nitrogens with zero attached hydrogens (tertiary/aromatic N) is 3. The standard InChI is InChI=1S/C17H14N4O2S/c1-11-18-17(23-20-11)16-13(7-9-24-16)19-15(22)10-21-8-6-12-4-2-3-5-14(12)21/h2-9H,10H2,1H3,(H,19,22). The highest BCUT2D eigenvalue weighted by Gasteiger charge is 2.15. The van der Waals surface area contributed by atoms with Crippen LogP contribution < -0.4 is 5.32 Å². The molecule has 0 spiro atoms. The molecule has 0 atom stereocenters. The first-order valence-electron chi connectivity index (χ1n) is 7.42. The van der Waals surface area contributed by atoms with Gasteiger partial charge in [-0.15, -0.1) is 11.3 Å². The fourth-order valence-corrected chi connectivity index (χ4v) is 3.36. The van der Waals surface area contributed by atoms with Crippen LogP contribution in [0, 0.1) is 6.92 Å². The monoisotopic (exact) mass is 338 g/mol. The molecule has 0 unspecified atom stereocenters. The van der Waals surface area contributed by atoms with Crippen LogP contribution in [0.15, 0.2) is 52.5 Å². The summed E-state index contributed by atoms with van der Waals surface area (Å²) in [5, 5.41) is 9.71. The van der Waals surface area contributed by atoms with Crippen molar-refractivity contribution in [3.8, 4) is 10.8 Å². The summed E-state index contributed by atoms with van der Waals surface area (Å²) in [5.41, 5.74) is 1.72. The molecule has 0 aliphatic rings. The summed E-state index contributed by atoms with van der Waals surface area (Å²) in [5.74, 6) is 0.881. The highest BCUT2D eigenvalue weighted by Crippen LogP contribution is 2.32. The van der Waals surface area contributed by atoms with E-state index in [4.69, 9.17) is 4.52 Å². The van der Waals surface area contributed by atoms with E-state index < -0.39 is 0 Å². The summed E-state index contributed by atoms with van der Waals surface area (Å²) >= 11 is 1.45. The Morgan fingerprint density at radius 3 is 3.00 bits per heavy atom. The Morgan fingerprint density at radius 1 is 1.29 bits per heavy atom. The number of hydrogen-bond acceptors (Lipinski definition) is 5. The number of carbonyl (C=O) groups excluding carboxylic acids is 1. The highest BCUT2D eigenvalue weighted by molar-refractivity contribution is 7.14. The Bertz CT molecular complexity index is 1010. The number of aryl methyl sites for hydroxylation is 1.